The first-order chi connectivity index (χ1) is 9.98. The maximum absolute atomic E-state index is 12.4. The molecule has 21 heavy (non-hydrogen) atoms. The fraction of sp³-hybridized carbons (Fsp3) is 0.278. The van der Waals surface area contributed by atoms with Gasteiger partial charge in [0.05, 0.1) is 6.61 Å². The van der Waals surface area contributed by atoms with Gasteiger partial charge in [-0.2, -0.15) is 0 Å². The number of rotatable bonds is 4. The third kappa shape index (κ3) is 2.98. The Bertz CT molecular complexity index is 566. The molecule has 0 saturated carbocycles. The smallest absolute Gasteiger partial charge is 0.347 e. The Morgan fingerprint density at radius 3 is 1.67 bits per heavy atom. The third-order valence-corrected chi connectivity index (χ3v) is 3.51. The molecule has 3 heteroatoms. The quantitative estimate of drug-likeness (QED) is 0.878. The van der Waals surface area contributed by atoms with E-state index >= 15 is 0 Å². The number of hydrogen-bond donors (Lipinski definition) is 1. The molecule has 0 aliphatic rings. The highest BCUT2D eigenvalue weighted by atomic mass is 16.5. The number of aryl methyl sites for hydroxylation is 2. The van der Waals surface area contributed by atoms with Crippen LogP contribution in [0, 0.1) is 13.8 Å². The van der Waals surface area contributed by atoms with E-state index in [1.165, 1.54) is 0 Å². The zero-order valence-electron chi connectivity index (χ0n) is 12.6. The third-order valence-electron chi connectivity index (χ3n) is 3.51. The zero-order valence-corrected chi connectivity index (χ0v) is 12.6. The van der Waals surface area contributed by atoms with Gasteiger partial charge >= 0.3 is 5.97 Å². The highest BCUT2D eigenvalue weighted by molar-refractivity contribution is 5.85. The van der Waals surface area contributed by atoms with E-state index in [1.807, 2.05) is 38.1 Å². The van der Waals surface area contributed by atoms with E-state index in [0.717, 1.165) is 11.1 Å². The summed E-state index contributed by atoms with van der Waals surface area (Å²) in [4.78, 5) is 12.4. The molecule has 0 fully saturated rings. The summed E-state index contributed by atoms with van der Waals surface area (Å²) < 4.78 is 5.09. The van der Waals surface area contributed by atoms with Crippen LogP contribution in [0.5, 0.6) is 0 Å². The normalized spacial score (nSPS) is 11.2. The summed E-state index contributed by atoms with van der Waals surface area (Å²) in [6, 6.07) is 14.5. The monoisotopic (exact) mass is 284 g/mol. The van der Waals surface area contributed by atoms with Crippen molar-refractivity contribution in [2.75, 3.05) is 6.61 Å². The van der Waals surface area contributed by atoms with Gasteiger partial charge in [-0.05, 0) is 31.9 Å². The van der Waals surface area contributed by atoms with Crippen LogP contribution in [0.3, 0.4) is 0 Å². The standard InChI is InChI=1S/C18H20O3/c1-4-21-17(19)18(20,15-9-5-13(2)6-10-15)16-11-7-14(3)8-12-16/h5-12,20H,4H2,1-3H3. The molecule has 2 aromatic carbocycles. The summed E-state index contributed by atoms with van der Waals surface area (Å²) in [5.74, 6) is -0.655. The lowest BCUT2D eigenvalue weighted by Gasteiger charge is -2.27. The Kier molecular flexibility index (Phi) is 4.43. The molecule has 0 spiro atoms. The van der Waals surface area contributed by atoms with Crippen molar-refractivity contribution in [3.8, 4) is 0 Å². The van der Waals surface area contributed by atoms with Crippen molar-refractivity contribution < 1.29 is 14.6 Å². The van der Waals surface area contributed by atoms with Gasteiger partial charge in [0.1, 0.15) is 0 Å². The molecule has 2 rings (SSSR count). The van der Waals surface area contributed by atoms with Crippen LogP contribution in [0.15, 0.2) is 48.5 Å². The number of aliphatic hydroxyl groups is 1. The molecule has 0 aliphatic carbocycles. The van der Waals surface area contributed by atoms with Crippen LogP contribution in [0.2, 0.25) is 0 Å². The first kappa shape index (κ1) is 15.3. The van der Waals surface area contributed by atoms with Gasteiger partial charge in [-0.25, -0.2) is 4.79 Å². The first-order valence-corrected chi connectivity index (χ1v) is 7.02. The number of esters is 1. The van der Waals surface area contributed by atoms with Crippen molar-refractivity contribution in [2.45, 2.75) is 26.4 Å². The van der Waals surface area contributed by atoms with Crippen LogP contribution >= 0.6 is 0 Å². The zero-order chi connectivity index (χ0) is 15.5. The molecule has 1 N–H and O–H groups in total. The fourth-order valence-electron chi connectivity index (χ4n) is 2.23. The van der Waals surface area contributed by atoms with Crippen LogP contribution < -0.4 is 0 Å². The van der Waals surface area contributed by atoms with Crippen LogP contribution in [0.1, 0.15) is 29.2 Å². The molecule has 0 aliphatic heterocycles. The summed E-state index contributed by atoms with van der Waals surface area (Å²) in [6.45, 7) is 5.86. The van der Waals surface area contributed by atoms with E-state index in [-0.39, 0.29) is 6.61 Å². The Balaban J connectivity index is 2.55. The molecule has 110 valence electrons. The van der Waals surface area contributed by atoms with E-state index < -0.39 is 11.6 Å². The second-order valence-electron chi connectivity index (χ2n) is 5.16. The molecule has 3 nitrogen and oxygen atoms in total. The predicted molar refractivity (Wildman–Crippen MR) is 82.0 cm³/mol. The summed E-state index contributed by atoms with van der Waals surface area (Å²) >= 11 is 0. The minimum absolute atomic E-state index is 0.221. The summed E-state index contributed by atoms with van der Waals surface area (Å²) in [5.41, 5.74) is 1.37. The Hall–Kier alpha value is -2.13. The minimum atomic E-state index is -1.78. The summed E-state index contributed by atoms with van der Waals surface area (Å²) in [6.07, 6.45) is 0. The van der Waals surface area contributed by atoms with E-state index in [9.17, 15) is 9.90 Å². The van der Waals surface area contributed by atoms with Gasteiger partial charge in [-0.1, -0.05) is 59.7 Å². The SMILES string of the molecule is CCOC(=O)C(O)(c1ccc(C)cc1)c1ccc(C)cc1. The molecule has 0 bridgehead atoms. The van der Waals surface area contributed by atoms with E-state index in [0.29, 0.717) is 11.1 Å². The summed E-state index contributed by atoms with van der Waals surface area (Å²) in [7, 11) is 0. The molecular weight excluding hydrogens is 264 g/mol. The Morgan fingerprint density at radius 1 is 0.952 bits per heavy atom. The molecule has 0 saturated heterocycles. The maximum atomic E-state index is 12.4. The van der Waals surface area contributed by atoms with Crippen LogP contribution in [0.25, 0.3) is 0 Å². The summed E-state index contributed by atoms with van der Waals surface area (Å²) in [5, 5.41) is 11.1. The van der Waals surface area contributed by atoms with Gasteiger partial charge < -0.3 is 9.84 Å². The van der Waals surface area contributed by atoms with Gasteiger partial charge in [0, 0.05) is 0 Å². The van der Waals surface area contributed by atoms with E-state index in [1.54, 1.807) is 31.2 Å². The fourth-order valence-corrected chi connectivity index (χ4v) is 2.23. The lowest BCUT2D eigenvalue weighted by atomic mass is 9.85. The largest absolute Gasteiger partial charge is 0.463 e. The van der Waals surface area contributed by atoms with Crippen molar-refractivity contribution in [1.82, 2.24) is 0 Å². The molecule has 0 heterocycles. The molecule has 2 aromatic rings. The molecule has 0 radical (unpaired) electrons. The highest BCUT2D eigenvalue weighted by Gasteiger charge is 2.41. The van der Waals surface area contributed by atoms with Gasteiger partial charge in [-0.15, -0.1) is 0 Å². The highest BCUT2D eigenvalue weighted by Crippen LogP contribution is 2.31. The second-order valence-corrected chi connectivity index (χ2v) is 5.16. The van der Waals surface area contributed by atoms with Crippen LogP contribution in [-0.4, -0.2) is 17.7 Å². The Labute approximate surface area is 125 Å². The minimum Gasteiger partial charge on any atom is -0.463 e. The van der Waals surface area contributed by atoms with Crippen LogP contribution in [-0.2, 0) is 15.1 Å². The number of ether oxygens (including phenoxy) is 1. The van der Waals surface area contributed by atoms with Crippen molar-refractivity contribution in [2.24, 2.45) is 0 Å². The topological polar surface area (TPSA) is 46.5 Å². The van der Waals surface area contributed by atoms with Gasteiger partial charge in [-0.3, -0.25) is 0 Å². The lowest BCUT2D eigenvalue weighted by molar-refractivity contribution is -0.161. The lowest BCUT2D eigenvalue weighted by Crippen LogP contribution is -2.38. The molecule has 0 unspecified atom stereocenters. The molecular formula is C18H20O3. The number of carbonyl (C=O) groups excluding carboxylic acids is 1. The van der Waals surface area contributed by atoms with Gasteiger partial charge in [0.15, 0.2) is 0 Å². The molecule has 0 atom stereocenters. The average molecular weight is 284 g/mol. The predicted octanol–water partition coefficient (Wildman–Crippen LogP) is 3.10. The second kappa shape index (κ2) is 6.10. The Morgan fingerprint density at radius 2 is 1.33 bits per heavy atom. The molecule has 0 aromatic heterocycles. The van der Waals surface area contributed by atoms with Gasteiger partial charge in [0.25, 0.3) is 0 Å². The van der Waals surface area contributed by atoms with Crippen LogP contribution in [0.4, 0.5) is 0 Å². The van der Waals surface area contributed by atoms with Crippen molar-refractivity contribution >= 4 is 5.97 Å². The van der Waals surface area contributed by atoms with E-state index in [2.05, 4.69) is 0 Å². The number of carbonyl (C=O) groups is 1. The van der Waals surface area contributed by atoms with Crippen molar-refractivity contribution in [3.05, 3.63) is 70.8 Å². The first-order valence-electron chi connectivity index (χ1n) is 7.02. The number of benzene rings is 2. The van der Waals surface area contributed by atoms with E-state index in [4.69, 9.17) is 4.74 Å². The number of hydrogen-bond acceptors (Lipinski definition) is 3. The molecule has 0 amide bonds. The maximum Gasteiger partial charge on any atom is 0.347 e. The van der Waals surface area contributed by atoms with Gasteiger partial charge in [0.2, 0.25) is 5.60 Å². The van der Waals surface area contributed by atoms with Crippen molar-refractivity contribution in [1.29, 1.82) is 0 Å². The van der Waals surface area contributed by atoms with Crippen molar-refractivity contribution in [3.63, 3.8) is 0 Å². The average Bonchev–Trinajstić information content (AvgIpc) is 2.48.